The standard InChI is InChI=1S/C10H16N4O3/c1-10(2,9(12)16)4-14-5-13-6(7(14)11)8(15)17-3/h5H,4,11H2,1-3H3,(H2,12,16). The number of primary amides is 1. The fourth-order valence-corrected chi connectivity index (χ4v) is 1.28. The molecule has 0 spiro atoms. The first-order valence-electron chi connectivity index (χ1n) is 4.98. The zero-order valence-corrected chi connectivity index (χ0v) is 10.1. The number of imidazole rings is 1. The minimum atomic E-state index is -0.776. The Morgan fingerprint density at radius 3 is 2.59 bits per heavy atom. The number of hydrogen-bond acceptors (Lipinski definition) is 5. The molecular weight excluding hydrogens is 224 g/mol. The number of carbonyl (C=O) groups is 2. The summed E-state index contributed by atoms with van der Waals surface area (Å²) in [5.41, 5.74) is 10.2. The monoisotopic (exact) mass is 240 g/mol. The van der Waals surface area contributed by atoms with E-state index in [-0.39, 0.29) is 18.1 Å². The van der Waals surface area contributed by atoms with Crippen LogP contribution in [0.1, 0.15) is 24.3 Å². The first-order chi connectivity index (χ1) is 7.79. The van der Waals surface area contributed by atoms with Gasteiger partial charge in [-0.25, -0.2) is 9.78 Å². The van der Waals surface area contributed by atoms with Crippen molar-refractivity contribution >= 4 is 17.7 Å². The highest BCUT2D eigenvalue weighted by Crippen LogP contribution is 2.21. The first-order valence-corrected chi connectivity index (χ1v) is 4.98. The van der Waals surface area contributed by atoms with E-state index in [2.05, 4.69) is 9.72 Å². The molecule has 94 valence electrons. The largest absolute Gasteiger partial charge is 0.464 e. The second kappa shape index (κ2) is 4.44. The quantitative estimate of drug-likeness (QED) is 0.705. The number of hydrogen-bond donors (Lipinski definition) is 2. The van der Waals surface area contributed by atoms with Gasteiger partial charge >= 0.3 is 5.97 Å². The van der Waals surface area contributed by atoms with E-state index < -0.39 is 17.3 Å². The Kier molecular flexibility index (Phi) is 3.40. The first kappa shape index (κ1) is 13.0. The van der Waals surface area contributed by atoms with Gasteiger partial charge in [0.05, 0.1) is 18.9 Å². The Balaban J connectivity index is 2.99. The average Bonchev–Trinajstić information content (AvgIpc) is 2.59. The number of amides is 1. The summed E-state index contributed by atoms with van der Waals surface area (Å²) >= 11 is 0. The smallest absolute Gasteiger partial charge is 0.360 e. The highest BCUT2D eigenvalue weighted by Gasteiger charge is 2.27. The van der Waals surface area contributed by atoms with Crippen LogP contribution in [-0.2, 0) is 16.1 Å². The Morgan fingerprint density at radius 2 is 2.12 bits per heavy atom. The highest BCUT2D eigenvalue weighted by molar-refractivity contribution is 5.92. The van der Waals surface area contributed by atoms with Crippen molar-refractivity contribution in [3.05, 3.63) is 12.0 Å². The lowest BCUT2D eigenvalue weighted by molar-refractivity contribution is -0.126. The molecule has 1 amide bonds. The maximum atomic E-state index is 11.3. The van der Waals surface area contributed by atoms with Crippen LogP contribution in [0.15, 0.2) is 6.33 Å². The topological polar surface area (TPSA) is 113 Å². The van der Waals surface area contributed by atoms with Gasteiger partial charge in [0, 0.05) is 6.54 Å². The molecule has 7 heteroatoms. The minimum absolute atomic E-state index is 0.0350. The fraction of sp³-hybridized carbons (Fsp3) is 0.500. The molecule has 0 unspecified atom stereocenters. The molecule has 1 heterocycles. The number of anilines is 1. The lowest BCUT2D eigenvalue weighted by Gasteiger charge is -2.21. The third kappa shape index (κ3) is 2.55. The summed E-state index contributed by atoms with van der Waals surface area (Å²) in [7, 11) is 1.24. The van der Waals surface area contributed by atoms with Gasteiger partial charge in [0.15, 0.2) is 5.69 Å². The van der Waals surface area contributed by atoms with Gasteiger partial charge in [-0.05, 0) is 13.8 Å². The van der Waals surface area contributed by atoms with Gasteiger partial charge in [-0.2, -0.15) is 0 Å². The summed E-state index contributed by atoms with van der Waals surface area (Å²) in [6.45, 7) is 3.62. The lowest BCUT2D eigenvalue weighted by Crippen LogP contribution is -2.35. The van der Waals surface area contributed by atoms with E-state index in [0.717, 1.165) is 0 Å². The van der Waals surface area contributed by atoms with Gasteiger partial charge in [-0.15, -0.1) is 0 Å². The maximum Gasteiger partial charge on any atom is 0.360 e. The van der Waals surface area contributed by atoms with Crippen LogP contribution in [0.25, 0.3) is 0 Å². The SMILES string of the molecule is COC(=O)c1ncn(CC(C)(C)C(N)=O)c1N. The third-order valence-electron chi connectivity index (χ3n) is 2.49. The lowest BCUT2D eigenvalue weighted by atomic mass is 9.93. The van der Waals surface area contributed by atoms with Crippen LogP contribution in [0.4, 0.5) is 5.82 Å². The highest BCUT2D eigenvalue weighted by atomic mass is 16.5. The van der Waals surface area contributed by atoms with E-state index in [1.54, 1.807) is 13.8 Å². The Labute approximate surface area is 98.7 Å². The van der Waals surface area contributed by atoms with E-state index in [9.17, 15) is 9.59 Å². The van der Waals surface area contributed by atoms with Gasteiger partial charge in [0.1, 0.15) is 5.82 Å². The average molecular weight is 240 g/mol. The number of ether oxygens (including phenoxy) is 1. The number of carbonyl (C=O) groups excluding carboxylic acids is 2. The van der Waals surface area contributed by atoms with Crippen LogP contribution in [0, 0.1) is 5.41 Å². The summed E-state index contributed by atoms with van der Waals surface area (Å²) in [6.07, 6.45) is 1.38. The number of nitrogen functional groups attached to an aromatic ring is 1. The van der Waals surface area contributed by atoms with Crippen molar-refractivity contribution in [2.75, 3.05) is 12.8 Å². The van der Waals surface area contributed by atoms with E-state index in [1.165, 1.54) is 18.0 Å². The molecule has 1 aromatic heterocycles. The summed E-state index contributed by atoms with van der Waals surface area (Å²) < 4.78 is 6.02. The second-order valence-electron chi connectivity index (χ2n) is 4.35. The number of nitrogens with zero attached hydrogens (tertiary/aromatic N) is 2. The molecule has 0 saturated carbocycles. The van der Waals surface area contributed by atoms with Crippen LogP contribution >= 0.6 is 0 Å². The van der Waals surface area contributed by atoms with Crippen molar-refractivity contribution in [2.45, 2.75) is 20.4 Å². The van der Waals surface area contributed by atoms with Gasteiger partial charge in [-0.3, -0.25) is 4.79 Å². The molecule has 0 aliphatic carbocycles. The Hall–Kier alpha value is -2.05. The molecule has 0 aromatic carbocycles. The molecule has 7 nitrogen and oxygen atoms in total. The van der Waals surface area contributed by atoms with Crippen molar-refractivity contribution in [2.24, 2.45) is 11.1 Å². The van der Waals surface area contributed by atoms with Crippen molar-refractivity contribution in [3.63, 3.8) is 0 Å². The number of esters is 1. The van der Waals surface area contributed by atoms with Crippen LogP contribution in [-0.4, -0.2) is 28.5 Å². The normalized spacial score (nSPS) is 11.2. The zero-order chi connectivity index (χ0) is 13.2. The molecule has 0 fully saturated rings. The Bertz CT molecular complexity index is 450. The van der Waals surface area contributed by atoms with Crippen molar-refractivity contribution < 1.29 is 14.3 Å². The summed E-state index contributed by atoms with van der Waals surface area (Å²) in [6, 6.07) is 0. The molecule has 0 bridgehead atoms. The van der Waals surface area contributed by atoms with Crippen molar-refractivity contribution in [1.29, 1.82) is 0 Å². The predicted molar refractivity (Wildman–Crippen MR) is 61.0 cm³/mol. The number of rotatable bonds is 4. The molecule has 0 aliphatic heterocycles. The van der Waals surface area contributed by atoms with Crippen molar-refractivity contribution in [1.82, 2.24) is 9.55 Å². The van der Waals surface area contributed by atoms with Crippen LogP contribution in [0.5, 0.6) is 0 Å². The van der Waals surface area contributed by atoms with Crippen LogP contribution < -0.4 is 11.5 Å². The number of nitrogens with two attached hydrogens (primary N) is 2. The predicted octanol–water partition coefficient (Wildman–Crippen LogP) is -0.237. The van der Waals surface area contributed by atoms with Crippen LogP contribution in [0.3, 0.4) is 0 Å². The van der Waals surface area contributed by atoms with E-state index in [0.29, 0.717) is 0 Å². The zero-order valence-electron chi connectivity index (χ0n) is 10.1. The minimum Gasteiger partial charge on any atom is -0.464 e. The fourth-order valence-electron chi connectivity index (χ4n) is 1.28. The molecule has 4 N–H and O–H groups in total. The van der Waals surface area contributed by atoms with Gasteiger partial charge in [-0.1, -0.05) is 0 Å². The van der Waals surface area contributed by atoms with Gasteiger partial charge in [0.25, 0.3) is 0 Å². The number of aromatic nitrogens is 2. The van der Waals surface area contributed by atoms with Crippen molar-refractivity contribution in [3.8, 4) is 0 Å². The van der Waals surface area contributed by atoms with Crippen LogP contribution in [0.2, 0.25) is 0 Å². The molecule has 0 radical (unpaired) electrons. The summed E-state index contributed by atoms with van der Waals surface area (Å²) in [4.78, 5) is 26.3. The molecule has 0 atom stereocenters. The Morgan fingerprint density at radius 1 is 1.53 bits per heavy atom. The molecule has 17 heavy (non-hydrogen) atoms. The molecular formula is C10H16N4O3. The number of methoxy groups -OCH3 is 1. The summed E-state index contributed by atoms with van der Waals surface area (Å²) in [5.74, 6) is -0.908. The molecule has 0 saturated heterocycles. The maximum absolute atomic E-state index is 11.3. The van der Waals surface area contributed by atoms with Gasteiger partial charge in [0.2, 0.25) is 5.91 Å². The summed E-state index contributed by atoms with van der Waals surface area (Å²) in [5, 5.41) is 0. The van der Waals surface area contributed by atoms with E-state index in [1.807, 2.05) is 0 Å². The van der Waals surface area contributed by atoms with Gasteiger partial charge < -0.3 is 20.8 Å². The van der Waals surface area contributed by atoms with E-state index in [4.69, 9.17) is 11.5 Å². The molecule has 1 rings (SSSR count). The second-order valence-corrected chi connectivity index (χ2v) is 4.35. The van der Waals surface area contributed by atoms with E-state index >= 15 is 0 Å². The third-order valence-corrected chi connectivity index (χ3v) is 2.49. The molecule has 1 aromatic rings. The molecule has 0 aliphatic rings.